The molecule has 5 heteroatoms. The highest BCUT2D eigenvalue weighted by Gasteiger charge is 2.17. The molecule has 0 aliphatic rings. The van der Waals surface area contributed by atoms with Crippen molar-refractivity contribution in [3.63, 3.8) is 0 Å². The first kappa shape index (κ1) is 15.6. The first-order valence-electron chi connectivity index (χ1n) is 7.05. The van der Waals surface area contributed by atoms with Gasteiger partial charge in [-0.25, -0.2) is 9.97 Å². The lowest BCUT2D eigenvalue weighted by Gasteiger charge is -2.17. The summed E-state index contributed by atoms with van der Waals surface area (Å²) in [7, 11) is 0. The van der Waals surface area contributed by atoms with Gasteiger partial charge in [0, 0.05) is 6.54 Å². The molecule has 0 saturated carbocycles. The Morgan fingerprint density at radius 2 is 2.05 bits per heavy atom. The Labute approximate surface area is 130 Å². The van der Waals surface area contributed by atoms with Crippen molar-refractivity contribution in [2.45, 2.75) is 33.6 Å². The van der Waals surface area contributed by atoms with Crippen LogP contribution < -0.4 is 10.1 Å². The number of nitrogens with zero attached hydrogens (tertiary/aromatic N) is 2. The molecule has 2 rings (SSSR count). The number of benzene rings is 1. The summed E-state index contributed by atoms with van der Waals surface area (Å²) in [5.41, 5.74) is 2.04. The number of anilines is 1. The Morgan fingerprint density at radius 3 is 2.67 bits per heavy atom. The van der Waals surface area contributed by atoms with Crippen molar-refractivity contribution < 1.29 is 4.74 Å². The van der Waals surface area contributed by atoms with Gasteiger partial charge >= 0.3 is 0 Å². The summed E-state index contributed by atoms with van der Waals surface area (Å²) in [6.07, 6.45) is 1.50. The van der Waals surface area contributed by atoms with E-state index < -0.39 is 0 Å². The van der Waals surface area contributed by atoms with E-state index in [1.165, 1.54) is 6.33 Å². The molecule has 112 valence electrons. The van der Waals surface area contributed by atoms with Gasteiger partial charge in [-0.05, 0) is 37.5 Å². The van der Waals surface area contributed by atoms with Gasteiger partial charge in [-0.1, -0.05) is 31.5 Å². The lowest BCUT2D eigenvalue weighted by Crippen LogP contribution is -2.07. The Morgan fingerprint density at radius 1 is 1.29 bits per heavy atom. The van der Waals surface area contributed by atoms with E-state index in [1.807, 2.05) is 32.0 Å². The number of nitrogens with one attached hydrogen (secondary N) is 1. The number of ether oxygens (including phenoxy) is 1. The van der Waals surface area contributed by atoms with E-state index in [2.05, 4.69) is 29.1 Å². The second-order valence-electron chi connectivity index (χ2n) is 5.16. The Balaban J connectivity index is 2.41. The van der Waals surface area contributed by atoms with Crippen LogP contribution >= 0.6 is 11.6 Å². The van der Waals surface area contributed by atoms with Crippen LogP contribution in [0.1, 0.15) is 37.8 Å². The average molecular weight is 306 g/mol. The van der Waals surface area contributed by atoms with Crippen LogP contribution in [-0.2, 0) is 0 Å². The molecular weight excluding hydrogens is 286 g/mol. The van der Waals surface area contributed by atoms with Crippen molar-refractivity contribution in [2.24, 2.45) is 0 Å². The fraction of sp³-hybridized carbons (Fsp3) is 0.375. The van der Waals surface area contributed by atoms with Crippen LogP contribution in [0.4, 0.5) is 5.82 Å². The fourth-order valence-electron chi connectivity index (χ4n) is 2.08. The summed E-state index contributed by atoms with van der Waals surface area (Å²) in [5.74, 6) is 2.19. The van der Waals surface area contributed by atoms with E-state index in [0.29, 0.717) is 16.7 Å². The molecule has 0 amide bonds. The summed E-state index contributed by atoms with van der Waals surface area (Å²) in [5, 5.41) is 3.82. The van der Waals surface area contributed by atoms with Crippen molar-refractivity contribution in [3.05, 3.63) is 40.7 Å². The zero-order valence-electron chi connectivity index (χ0n) is 12.8. The van der Waals surface area contributed by atoms with E-state index in [1.54, 1.807) is 0 Å². The summed E-state index contributed by atoms with van der Waals surface area (Å²) < 4.78 is 5.92. The van der Waals surface area contributed by atoms with Crippen molar-refractivity contribution in [1.29, 1.82) is 0 Å². The maximum absolute atomic E-state index is 6.23. The third-order valence-electron chi connectivity index (χ3n) is 3.06. The maximum atomic E-state index is 6.23. The predicted octanol–water partition coefficient (Wildman–Crippen LogP) is 4.79. The quantitative estimate of drug-likeness (QED) is 0.863. The summed E-state index contributed by atoms with van der Waals surface area (Å²) in [4.78, 5) is 8.56. The highest BCUT2D eigenvalue weighted by Crippen LogP contribution is 2.35. The van der Waals surface area contributed by atoms with Crippen LogP contribution in [0.25, 0.3) is 0 Å². The van der Waals surface area contributed by atoms with Crippen LogP contribution in [0.15, 0.2) is 24.5 Å². The fourth-order valence-corrected chi connectivity index (χ4v) is 2.36. The number of hydrogen-bond donors (Lipinski definition) is 1. The SMILES string of the molecule is CCNc1ncnc(Oc2ccc(C)cc2Cl)c1C(C)C. The first-order chi connectivity index (χ1) is 10.0. The Bertz CT molecular complexity index is 629. The standard InChI is InChI=1S/C16H20ClN3O/c1-5-18-15-14(10(2)3)16(20-9-19-15)21-13-7-6-11(4)8-12(13)17/h6-10H,5H2,1-4H3,(H,18,19,20). The molecular formula is C16H20ClN3O. The van der Waals surface area contributed by atoms with E-state index >= 15 is 0 Å². The van der Waals surface area contributed by atoms with Gasteiger partial charge in [0.2, 0.25) is 5.88 Å². The molecule has 0 unspecified atom stereocenters. The second-order valence-corrected chi connectivity index (χ2v) is 5.57. The minimum Gasteiger partial charge on any atom is -0.437 e. The third-order valence-corrected chi connectivity index (χ3v) is 3.36. The minimum absolute atomic E-state index is 0.236. The molecule has 4 nitrogen and oxygen atoms in total. The highest BCUT2D eigenvalue weighted by atomic mass is 35.5. The number of rotatable bonds is 5. The molecule has 1 heterocycles. The van der Waals surface area contributed by atoms with Gasteiger partial charge in [0.05, 0.1) is 10.6 Å². The van der Waals surface area contributed by atoms with Gasteiger partial charge in [-0.3, -0.25) is 0 Å². The molecule has 0 bridgehead atoms. The Kier molecular flexibility index (Phi) is 5.02. The molecule has 0 fully saturated rings. The van der Waals surface area contributed by atoms with Crippen LogP contribution in [-0.4, -0.2) is 16.5 Å². The summed E-state index contributed by atoms with van der Waals surface area (Å²) >= 11 is 6.23. The van der Waals surface area contributed by atoms with Crippen LogP contribution in [0, 0.1) is 6.92 Å². The predicted molar refractivity (Wildman–Crippen MR) is 86.5 cm³/mol. The molecule has 21 heavy (non-hydrogen) atoms. The first-order valence-corrected chi connectivity index (χ1v) is 7.43. The molecule has 2 aromatic rings. The van der Waals surface area contributed by atoms with Crippen LogP contribution in [0.3, 0.4) is 0 Å². The zero-order valence-corrected chi connectivity index (χ0v) is 13.5. The Hall–Kier alpha value is -1.81. The van der Waals surface area contributed by atoms with E-state index in [4.69, 9.17) is 16.3 Å². The van der Waals surface area contributed by atoms with Gasteiger partial charge < -0.3 is 10.1 Å². The van der Waals surface area contributed by atoms with Crippen molar-refractivity contribution in [3.8, 4) is 11.6 Å². The molecule has 0 radical (unpaired) electrons. The summed E-state index contributed by atoms with van der Waals surface area (Å²) in [6, 6.07) is 5.69. The van der Waals surface area contributed by atoms with Gasteiger partial charge in [0.25, 0.3) is 0 Å². The molecule has 0 spiro atoms. The maximum Gasteiger partial charge on any atom is 0.227 e. The zero-order chi connectivity index (χ0) is 15.4. The number of aryl methyl sites for hydroxylation is 1. The average Bonchev–Trinajstić information content (AvgIpc) is 2.42. The molecule has 0 saturated heterocycles. The summed E-state index contributed by atoms with van der Waals surface area (Å²) in [6.45, 7) is 8.99. The topological polar surface area (TPSA) is 47.0 Å². The molecule has 1 N–H and O–H groups in total. The van der Waals surface area contributed by atoms with E-state index in [0.717, 1.165) is 23.5 Å². The van der Waals surface area contributed by atoms with Crippen molar-refractivity contribution in [2.75, 3.05) is 11.9 Å². The van der Waals surface area contributed by atoms with Gasteiger partial charge in [0.1, 0.15) is 17.9 Å². The van der Waals surface area contributed by atoms with E-state index in [9.17, 15) is 0 Å². The third kappa shape index (κ3) is 3.64. The molecule has 0 aliphatic heterocycles. The minimum atomic E-state index is 0.236. The number of aromatic nitrogens is 2. The van der Waals surface area contributed by atoms with Gasteiger partial charge in [-0.15, -0.1) is 0 Å². The van der Waals surface area contributed by atoms with Crippen LogP contribution in [0.5, 0.6) is 11.6 Å². The molecule has 1 aromatic heterocycles. The largest absolute Gasteiger partial charge is 0.437 e. The smallest absolute Gasteiger partial charge is 0.227 e. The molecule has 0 aliphatic carbocycles. The van der Waals surface area contributed by atoms with Crippen molar-refractivity contribution >= 4 is 17.4 Å². The number of hydrogen-bond acceptors (Lipinski definition) is 4. The van der Waals surface area contributed by atoms with Gasteiger partial charge in [-0.2, -0.15) is 0 Å². The lowest BCUT2D eigenvalue weighted by molar-refractivity contribution is 0.452. The number of halogens is 1. The normalized spacial score (nSPS) is 10.8. The van der Waals surface area contributed by atoms with Crippen LogP contribution in [0.2, 0.25) is 5.02 Å². The van der Waals surface area contributed by atoms with E-state index in [-0.39, 0.29) is 5.92 Å². The molecule has 1 aromatic carbocycles. The monoisotopic (exact) mass is 305 g/mol. The molecule has 0 atom stereocenters. The van der Waals surface area contributed by atoms with Gasteiger partial charge in [0.15, 0.2) is 0 Å². The van der Waals surface area contributed by atoms with Crippen molar-refractivity contribution in [1.82, 2.24) is 9.97 Å². The highest BCUT2D eigenvalue weighted by molar-refractivity contribution is 6.32. The second kappa shape index (κ2) is 6.76. The lowest BCUT2D eigenvalue weighted by atomic mass is 10.1.